The maximum atomic E-state index is 6.24. The van der Waals surface area contributed by atoms with Crippen LogP contribution >= 0.6 is 23.4 Å². The van der Waals surface area contributed by atoms with Crippen molar-refractivity contribution in [3.05, 3.63) is 34.6 Å². The maximum Gasteiger partial charge on any atom is 0.162 e. The molecular formula is C14H15ClN2O2S. The molecule has 0 atom stereocenters. The summed E-state index contributed by atoms with van der Waals surface area (Å²) in [4.78, 5) is 1.13. The van der Waals surface area contributed by atoms with E-state index in [1.165, 1.54) is 0 Å². The minimum absolute atomic E-state index is 0.606. The smallest absolute Gasteiger partial charge is 0.162 e. The second-order valence-corrected chi connectivity index (χ2v) is 5.98. The first-order chi connectivity index (χ1) is 9.65. The van der Waals surface area contributed by atoms with Gasteiger partial charge in [0.2, 0.25) is 0 Å². The van der Waals surface area contributed by atoms with Gasteiger partial charge in [-0.1, -0.05) is 11.6 Å². The molecule has 2 heterocycles. The Morgan fingerprint density at radius 2 is 2.05 bits per heavy atom. The van der Waals surface area contributed by atoms with E-state index in [0.29, 0.717) is 18.4 Å². The van der Waals surface area contributed by atoms with Crippen molar-refractivity contribution < 1.29 is 9.47 Å². The third-order valence-electron chi connectivity index (χ3n) is 3.17. The van der Waals surface area contributed by atoms with Crippen LogP contribution in [0.25, 0.3) is 0 Å². The number of aromatic nitrogens is 2. The second-order valence-electron chi connectivity index (χ2n) is 4.57. The van der Waals surface area contributed by atoms with Crippen molar-refractivity contribution in [2.75, 3.05) is 13.2 Å². The van der Waals surface area contributed by atoms with Gasteiger partial charge < -0.3 is 9.47 Å². The fourth-order valence-electron chi connectivity index (χ4n) is 2.11. The molecule has 0 aliphatic carbocycles. The standard InChI is InChI=1S/C14H15ClN2O2S/c1-9-11(14(15)17(2)16-9)8-20-10-3-4-12-13(7-10)19-6-5-18-12/h3-4,7H,5-6,8H2,1-2H3. The number of benzene rings is 1. The summed E-state index contributed by atoms with van der Waals surface area (Å²) >= 11 is 7.95. The molecule has 1 aromatic carbocycles. The van der Waals surface area contributed by atoms with Crippen LogP contribution < -0.4 is 9.47 Å². The highest BCUT2D eigenvalue weighted by atomic mass is 35.5. The maximum absolute atomic E-state index is 6.24. The summed E-state index contributed by atoms with van der Waals surface area (Å²) in [5, 5.41) is 5.02. The molecule has 0 amide bonds. The van der Waals surface area contributed by atoms with E-state index in [9.17, 15) is 0 Å². The molecule has 6 heteroatoms. The molecule has 0 bridgehead atoms. The summed E-state index contributed by atoms with van der Waals surface area (Å²) in [6.45, 7) is 3.20. The summed E-state index contributed by atoms with van der Waals surface area (Å²) in [6.07, 6.45) is 0. The molecule has 2 aromatic rings. The van der Waals surface area contributed by atoms with Crippen LogP contribution in [0.15, 0.2) is 23.1 Å². The Morgan fingerprint density at radius 1 is 1.30 bits per heavy atom. The molecule has 0 radical (unpaired) electrons. The van der Waals surface area contributed by atoms with Gasteiger partial charge in [0.05, 0.1) is 5.69 Å². The highest BCUT2D eigenvalue weighted by molar-refractivity contribution is 7.98. The number of hydrogen-bond donors (Lipinski definition) is 0. The van der Waals surface area contributed by atoms with Gasteiger partial charge in [-0.15, -0.1) is 11.8 Å². The van der Waals surface area contributed by atoms with Crippen molar-refractivity contribution in [1.82, 2.24) is 9.78 Å². The van der Waals surface area contributed by atoms with E-state index in [1.54, 1.807) is 16.4 Å². The molecule has 1 aliphatic rings. The van der Waals surface area contributed by atoms with Crippen molar-refractivity contribution >= 4 is 23.4 Å². The summed E-state index contributed by atoms with van der Waals surface area (Å²) in [6, 6.07) is 6.01. The fourth-order valence-corrected chi connectivity index (χ4v) is 3.44. The predicted octanol–water partition coefficient (Wildman–Crippen LogP) is 3.45. The minimum atomic E-state index is 0.606. The lowest BCUT2D eigenvalue weighted by atomic mass is 10.3. The zero-order chi connectivity index (χ0) is 14.1. The summed E-state index contributed by atoms with van der Waals surface area (Å²) < 4.78 is 12.8. The number of fused-ring (bicyclic) bond motifs is 1. The average Bonchev–Trinajstić information content (AvgIpc) is 2.70. The lowest BCUT2D eigenvalue weighted by molar-refractivity contribution is 0.171. The third kappa shape index (κ3) is 2.60. The van der Waals surface area contributed by atoms with Crippen molar-refractivity contribution in [2.45, 2.75) is 17.6 Å². The minimum Gasteiger partial charge on any atom is -0.486 e. The third-order valence-corrected chi connectivity index (χ3v) is 4.66. The van der Waals surface area contributed by atoms with E-state index in [0.717, 1.165) is 33.4 Å². The van der Waals surface area contributed by atoms with E-state index < -0.39 is 0 Å². The normalized spacial score (nSPS) is 13.6. The molecule has 0 saturated carbocycles. The van der Waals surface area contributed by atoms with Gasteiger partial charge in [0.1, 0.15) is 18.4 Å². The number of rotatable bonds is 3. The molecule has 0 fully saturated rings. The first kappa shape index (κ1) is 13.6. The Labute approximate surface area is 127 Å². The molecule has 106 valence electrons. The number of nitrogens with zero attached hydrogens (tertiary/aromatic N) is 2. The van der Waals surface area contributed by atoms with Crippen molar-refractivity contribution in [3.8, 4) is 11.5 Å². The van der Waals surface area contributed by atoms with E-state index in [2.05, 4.69) is 5.10 Å². The Hall–Kier alpha value is -1.33. The molecule has 3 rings (SSSR count). The SMILES string of the molecule is Cc1nn(C)c(Cl)c1CSc1ccc2c(c1)OCCO2. The van der Waals surface area contributed by atoms with Gasteiger partial charge in [-0.25, -0.2) is 0 Å². The Bertz CT molecular complexity index is 642. The van der Waals surface area contributed by atoms with Gasteiger partial charge in [0.25, 0.3) is 0 Å². The zero-order valence-electron chi connectivity index (χ0n) is 11.4. The monoisotopic (exact) mass is 310 g/mol. The van der Waals surface area contributed by atoms with Gasteiger partial charge in [0, 0.05) is 23.3 Å². The molecule has 0 saturated heterocycles. The number of hydrogen-bond acceptors (Lipinski definition) is 4. The van der Waals surface area contributed by atoms with E-state index >= 15 is 0 Å². The molecule has 4 nitrogen and oxygen atoms in total. The largest absolute Gasteiger partial charge is 0.486 e. The Balaban J connectivity index is 1.75. The van der Waals surface area contributed by atoms with Crippen molar-refractivity contribution in [3.63, 3.8) is 0 Å². The lowest BCUT2D eigenvalue weighted by Gasteiger charge is -2.18. The van der Waals surface area contributed by atoms with E-state index in [-0.39, 0.29) is 0 Å². The van der Waals surface area contributed by atoms with Crippen LogP contribution in [0.1, 0.15) is 11.3 Å². The van der Waals surface area contributed by atoms with Crippen LogP contribution in [0.4, 0.5) is 0 Å². The van der Waals surface area contributed by atoms with Crippen LogP contribution in [0.3, 0.4) is 0 Å². The number of aryl methyl sites for hydroxylation is 2. The lowest BCUT2D eigenvalue weighted by Crippen LogP contribution is -2.15. The summed E-state index contributed by atoms with van der Waals surface area (Å²) in [5.41, 5.74) is 2.05. The van der Waals surface area contributed by atoms with Gasteiger partial charge in [-0.05, 0) is 25.1 Å². The zero-order valence-corrected chi connectivity index (χ0v) is 12.9. The summed E-state index contributed by atoms with van der Waals surface area (Å²) in [7, 11) is 1.85. The first-order valence-electron chi connectivity index (χ1n) is 6.35. The second kappa shape index (κ2) is 5.58. The van der Waals surface area contributed by atoms with Gasteiger partial charge in [0.15, 0.2) is 11.5 Å². The quantitative estimate of drug-likeness (QED) is 0.814. The number of thioether (sulfide) groups is 1. The Morgan fingerprint density at radius 3 is 2.75 bits per heavy atom. The van der Waals surface area contributed by atoms with Crippen LogP contribution in [0.2, 0.25) is 5.15 Å². The van der Waals surface area contributed by atoms with E-state index in [4.69, 9.17) is 21.1 Å². The molecule has 0 spiro atoms. The Kier molecular flexibility index (Phi) is 3.81. The number of halogens is 1. The highest BCUT2D eigenvalue weighted by Gasteiger charge is 2.14. The highest BCUT2D eigenvalue weighted by Crippen LogP contribution is 2.36. The molecule has 0 unspecified atom stereocenters. The number of ether oxygens (including phenoxy) is 2. The van der Waals surface area contributed by atoms with Gasteiger partial charge >= 0.3 is 0 Å². The molecular weight excluding hydrogens is 296 g/mol. The molecule has 1 aromatic heterocycles. The van der Waals surface area contributed by atoms with Crippen LogP contribution in [-0.4, -0.2) is 23.0 Å². The van der Waals surface area contributed by atoms with Crippen LogP contribution in [-0.2, 0) is 12.8 Å². The van der Waals surface area contributed by atoms with Crippen molar-refractivity contribution in [1.29, 1.82) is 0 Å². The molecule has 20 heavy (non-hydrogen) atoms. The first-order valence-corrected chi connectivity index (χ1v) is 7.72. The molecule has 1 aliphatic heterocycles. The van der Waals surface area contributed by atoms with Crippen molar-refractivity contribution in [2.24, 2.45) is 7.05 Å². The summed E-state index contributed by atoms with van der Waals surface area (Å²) in [5.74, 6) is 2.42. The van der Waals surface area contributed by atoms with Gasteiger partial charge in [-0.2, -0.15) is 5.10 Å². The predicted molar refractivity (Wildman–Crippen MR) is 79.9 cm³/mol. The average molecular weight is 311 g/mol. The van der Waals surface area contributed by atoms with Crippen LogP contribution in [0.5, 0.6) is 11.5 Å². The fraction of sp³-hybridized carbons (Fsp3) is 0.357. The molecule has 0 N–H and O–H groups in total. The van der Waals surface area contributed by atoms with Crippen LogP contribution in [0, 0.1) is 6.92 Å². The van der Waals surface area contributed by atoms with Gasteiger partial charge in [-0.3, -0.25) is 4.68 Å². The topological polar surface area (TPSA) is 36.3 Å². The van der Waals surface area contributed by atoms with E-state index in [1.807, 2.05) is 32.2 Å².